The average Bonchev–Trinajstić information content (AvgIpc) is 3.02. The highest BCUT2D eigenvalue weighted by Gasteiger charge is 2.34. The summed E-state index contributed by atoms with van der Waals surface area (Å²) in [5, 5.41) is 3.37. The van der Waals surface area contributed by atoms with Gasteiger partial charge in [0.15, 0.2) is 0 Å². The normalized spacial score (nSPS) is 11.9. The molecule has 1 atom stereocenters. The molecule has 0 spiro atoms. The Morgan fingerprint density at radius 1 is 0.818 bits per heavy atom. The van der Waals surface area contributed by atoms with Crippen LogP contribution < -0.4 is 14.4 Å². The Balaban J connectivity index is 1.78. The van der Waals surface area contributed by atoms with Crippen molar-refractivity contribution in [1.82, 2.24) is 10.2 Å². The zero-order valence-electron chi connectivity index (χ0n) is 24.9. The third-order valence-corrected chi connectivity index (χ3v) is 8.98. The van der Waals surface area contributed by atoms with Gasteiger partial charge in [-0.05, 0) is 73.5 Å². The van der Waals surface area contributed by atoms with E-state index in [1.807, 2.05) is 74.5 Å². The van der Waals surface area contributed by atoms with E-state index in [1.54, 1.807) is 36.4 Å². The first-order valence-corrected chi connectivity index (χ1v) is 16.0. The average molecular weight is 634 g/mol. The molecule has 4 aromatic rings. The van der Waals surface area contributed by atoms with Crippen LogP contribution in [0.15, 0.2) is 114 Å². The SMILES string of the molecule is COc1ccc(S(=O)(=O)N(CC(=O)N(Cc2ccccc2)C(Cc2ccccc2)C(=O)NC(C)C)c2ccc(Cl)cc2)cc1. The van der Waals surface area contributed by atoms with Crippen molar-refractivity contribution >= 4 is 39.1 Å². The summed E-state index contributed by atoms with van der Waals surface area (Å²) in [7, 11) is -2.74. The van der Waals surface area contributed by atoms with Gasteiger partial charge >= 0.3 is 0 Å². The highest BCUT2D eigenvalue weighted by atomic mass is 35.5. The molecule has 4 rings (SSSR count). The number of carbonyl (C=O) groups is 2. The molecule has 0 fully saturated rings. The monoisotopic (exact) mass is 633 g/mol. The molecule has 0 aromatic heterocycles. The number of sulfonamides is 1. The Bertz CT molecular complexity index is 1630. The fourth-order valence-corrected chi connectivity index (χ4v) is 6.27. The van der Waals surface area contributed by atoms with Gasteiger partial charge in [0.25, 0.3) is 10.0 Å². The van der Waals surface area contributed by atoms with E-state index in [2.05, 4.69) is 5.32 Å². The van der Waals surface area contributed by atoms with Gasteiger partial charge in [-0.3, -0.25) is 13.9 Å². The molecule has 0 aliphatic rings. The molecule has 0 saturated carbocycles. The molecule has 230 valence electrons. The second kappa shape index (κ2) is 14.9. The summed E-state index contributed by atoms with van der Waals surface area (Å²) in [5.41, 5.74) is 1.92. The topological polar surface area (TPSA) is 96.0 Å². The molecule has 0 aliphatic carbocycles. The number of nitrogens with one attached hydrogen (secondary N) is 1. The van der Waals surface area contributed by atoms with E-state index < -0.39 is 28.5 Å². The first kappa shape index (κ1) is 32.6. The fraction of sp³-hybridized carbons (Fsp3) is 0.235. The lowest BCUT2D eigenvalue weighted by Gasteiger charge is -2.34. The minimum absolute atomic E-state index is 0.0194. The van der Waals surface area contributed by atoms with Crippen molar-refractivity contribution in [3.8, 4) is 5.75 Å². The molecule has 4 aromatic carbocycles. The second-order valence-electron chi connectivity index (χ2n) is 10.5. The number of halogens is 1. The molecule has 0 radical (unpaired) electrons. The van der Waals surface area contributed by atoms with Crippen LogP contribution in [0.1, 0.15) is 25.0 Å². The van der Waals surface area contributed by atoms with Gasteiger partial charge in [0.05, 0.1) is 17.7 Å². The quantitative estimate of drug-likeness (QED) is 0.204. The lowest BCUT2D eigenvalue weighted by Crippen LogP contribution is -2.54. The predicted molar refractivity (Wildman–Crippen MR) is 173 cm³/mol. The maximum atomic E-state index is 14.4. The molecule has 1 N–H and O–H groups in total. The first-order chi connectivity index (χ1) is 21.1. The van der Waals surface area contributed by atoms with Crippen LogP contribution in [0.5, 0.6) is 5.75 Å². The Hall–Kier alpha value is -4.34. The van der Waals surface area contributed by atoms with Crippen LogP contribution in [-0.2, 0) is 32.6 Å². The molecule has 2 amide bonds. The van der Waals surface area contributed by atoms with Gasteiger partial charge in [-0.25, -0.2) is 8.42 Å². The van der Waals surface area contributed by atoms with Crippen LogP contribution in [0.3, 0.4) is 0 Å². The minimum atomic E-state index is -4.23. The number of hydrogen-bond donors (Lipinski definition) is 1. The number of anilines is 1. The standard InChI is InChI=1S/C34H36ClN3O5S/c1-25(2)36-34(40)32(22-26-10-6-4-7-11-26)37(23-27-12-8-5-9-13-27)33(39)24-38(29-16-14-28(35)15-17-29)44(41,42)31-20-18-30(43-3)19-21-31/h4-21,25,32H,22-24H2,1-3H3,(H,36,40). The van der Waals surface area contributed by atoms with Gasteiger partial charge in [0, 0.05) is 24.0 Å². The lowest BCUT2D eigenvalue weighted by atomic mass is 10.0. The fourth-order valence-electron chi connectivity index (χ4n) is 4.73. The Morgan fingerprint density at radius 2 is 1.39 bits per heavy atom. The number of methoxy groups -OCH3 is 1. The largest absolute Gasteiger partial charge is 0.497 e. The maximum absolute atomic E-state index is 14.4. The van der Waals surface area contributed by atoms with Gasteiger partial charge in [-0.1, -0.05) is 72.3 Å². The molecule has 0 heterocycles. The van der Waals surface area contributed by atoms with Crippen LogP contribution in [0.2, 0.25) is 5.02 Å². The first-order valence-electron chi connectivity index (χ1n) is 14.2. The number of rotatable bonds is 13. The minimum Gasteiger partial charge on any atom is -0.497 e. The van der Waals surface area contributed by atoms with Gasteiger partial charge in [0.1, 0.15) is 18.3 Å². The summed E-state index contributed by atoms with van der Waals surface area (Å²) >= 11 is 6.12. The summed E-state index contributed by atoms with van der Waals surface area (Å²) in [6.45, 7) is 3.25. The third kappa shape index (κ3) is 8.39. The van der Waals surface area contributed by atoms with Crippen molar-refractivity contribution in [3.05, 3.63) is 125 Å². The van der Waals surface area contributed by atoms with Crippen molar-refractivity contribution in [2.45, 2.75) is 43.8 Å². The summed E-state index contributed by atoms with van der Waals surface area (Å²) in [6, 6.07) is 29.8. The van der Waals surface area contributed by atoms with Crippen molar-refractivity contribution < 1.29 is 22.7 Å². The van der Waals surface area contributed by atoms with E-state index in [9.17, 15) is 18.0 Å². The second-order valence-corrected chi connectivity index (χ2v) is 12.8. The number of nitrogens with zero attached hydrogens (tertiary/aromatic N) is 2. The summed E-state index contributed by atoms with van der Waals surface area (Å²) in [6.07, 6.45) is 0.240. The molecular weight excluding hydrogens is 598 g/mol. The van der Waals surface area contributed by atoms with E-state index in [-0.39, 0.29) is 35.5 Å². The molecule has 0 bridgehead atoms. The zero-order chi connectivity index (χ0) is 31.7. The van der Waals surface area contributed by atoms with Gasteiger partial charge in [-0.2, -0.15) is 0 Å². The summed E-state index contributed by atoms with van der Waals surface area (Å²) in [5.74, 6) is -0.378. The van der Waals surface area contributed by atoms with E-state index in [0.29, 0.717) is 10.8 Å². The molecular formula is C34H36ClN3O5S. The summed E-state index contributed by atoms with van der Waals surface area (Å²) < 4.78 is 34.4. The molecule has 0 saturated heterocycles. The summed E-state index contributed by atoms with van der Waals surface area (Å²) in [4.78, 5) is 29.5. The molecule has 8 nitrogen and oxygen atoms in total. The highest BCUT2D eigenvalue weighted by Crippen LogP contribution is 2.27. The van der Waals surface area contributed by atoms with Gasteiger partial charge in [0.2, 0.25) is 11.8 Å². The maximum Gasteiger partial charge on any atom is 0.264 e. The van der Waals surface area contributed by atoms with Crippen LogP contribution >= 0.6 is 11.6 Å². The van der Waals surface area contributed by atoms with E-state index in [0.717, 1.165) is 15.4 Å². The van der Waals surface area contributed by atoms with Crippen LogP contribution in [-0.4, -0.2) is 50.9 Å². The number of ether oxygens (including phenoxy) is 1. The van der Waals surface area contributed by atoms with E-state index >= 15 is 0 Å². The molecule has 10 heteroatoms. The number of carbonyl (C=O) groups excluding carboxylic acids is 2. The third-order valence-electron chi connectivity index (χ3n) is 6.94. The lowest BCUT2D eigenvalue weighted by molar-refractivity contribution is -0.140. The Morgan fingerprint density at radius 3 is 1.93 bits per heavy atom. The van der Waals surface area contributed by atoms with Crippen molar-refractivity contribution in [3.63, 3.8) is 0 Å². The molecule has 1 unspecified atom stereocenters. The van der Waals surface area contributed by atoms with Crippen molar-refractivity contribution in [2.24, 2.45) is 0 Å². The predicted octanol–water partition coefficient (Wildman–Crippen LogP) is 5.71. The van der Waals surface area contributed by atoms with Gasteiger partial charge < -0.3 is 15.0 Å². The van der Waals surface area contributed by atoms with Gasteiger partial charge in [-0.15, -0.1) is 0 Å². The number of hydrogen-bond acceptors (Lipinski definition) is 5. The van der Waals surface area contributed by atoms with E-state index in [4.69, 9.17) is 16.3 Å². The zero-order valence-corrected chi connectivity index (χ0v) is 26.5. The van der Waals surface area contributed by atoms with Crippen LogP contribution in [0, 0.1) is 0 Å². The van der Waals surface area contributed by atoms with Crippen molar-refractivity contribution in [2.75, 3.05) is 18.0 Å². The smallest absolute Gasteiger partial charge is 0.264 e. The Labute approximate surface area is 264 Å². The highest BCUT2D eigenvalue weighted by molar-refractivity contribution is 7.92. The van der Waals surface area contributed by atoms with E-state index in [1.165, 1.54) is 24.1 Å². The van der Waals surface area contributed by atoms with Crippen LogP contribution in [0.4, 0.5) is 5.69 Å². The molecule has 0 aliphatic heterocycles. The van der Waals surface area contributed by atoms with Crippen LogP contribution in [0.25, 0.3) is 0 Å². The molecule has 44 heavy (non-hydrogen) atoms. The number of amides is 2. The number of benzene rings is 4. The van der Waals surface area contributed by atoms with Crippen molar-refractivity contribution in [1.29, 1.82) is 0 Å². The Kier molecular flexibility index (Phi) is 11.0.